The maximum atomic E-state index is 11.5. The van der Waals surface area contributed by atoms with Gasteiger partial charge in [0.25, 0.3) is 0 Å². The van der Waals surface area contributed by atoms with Crippen LogP contribution in [0.2, 0.25) is 0 Å². The summed E-state index contributed by atoms with van der Waals surface area (Å²) in [5.41, 5.74) is -0.357. The number of nitriles is 1. The van der Waals surface area contributed by atoms with E-state index in [1.165, 1.54) is 12.1 Å². The average molecular weight is 273 g/mol. The smallest absolute Gasteiger partial charge is 0.344 e. The molecular weight excluding hydrogens is 258 g/mol. The van der Waals surface area contributed by atoms with E-state index in [0.717, 1.165) is 0 Å². The Labute approximate surface area is 118 Å². The molecule has 20 heavy (non-hydrogen) atoms. The number of terminal acetylenes is 1. The summed E-state index contributed by atoms with van der Waals surface area (Å²) in [6, 6.07) is 6.43. The van der Waals surface area contributed by atoms with Crippen LogP contribution >= 0.6 is 0 Å². The zero-order valence-electron chi connectivity index (χ0n) is 11.6. The number of nitrogens with zero attached hydrogens (tertiary/aromatic N) is 1. The van der Waals surface area contributed by atoms with E-state index in [1.807, 2.05) is 12.2 Å². The van der Waals surface area contributed by atoms with Gasteiger partial charge in [-0.2, -0.15) is 5.26 Å². The van der Waals surface area contributed by atoms with E-state index in [9.17, 15) is 4.79 Å². The molecule has 1 rings (SSSR count). The molecule has 1 aromatic rings. The van der Waals surface area contributed by atoms with E-state index in [0.29, 0.717) is 5.75 Å². The Balaban J connectivity index is 2.72. The van der Waals surface area contributed by atoms with Crippen molar-refractivity contribution in [2.24, 2.45) is 0 Å². The largest absolute Gasteiger partial charge is 0.481 e. The third-order valence-electron chi connectivity index (χ3n) is 2.01. The molecule has 0 heterocycles. The van der Waals surface area contributed by atoms with Gasteiger partial charge in [-0.15, -0.1) is 0 Å². The lowest BCUT2D eigenvalue weighted by atomic mass is 10.2. The Hall–Kier alpha value is -2.66. The summed E-state index contributed by atoms with van der Waals surface area (Å²) in [6.45, 7) is 5.01. The average Bonchev–Trinajstić information content (AvgIpc) is 2.35. The third-order valence-corrected chi connectivity index (χ3v) is 2.01. The molecule has 0 N–H and O–H groups in total. The van der Waals surface area contributed by atoms with Crippen LogP contribution < -0.4 is 9.47 Å². The van der Waals surface area contributed by atoms with Crippen molar-refractivity contribution in [3.63, 3.8) is 0 Å². The van der Waals surface area contributed by atoms with Gasteiger partial charge in [0.05, 0.1) is 5.56 Å². The summed E-state index contributed by atoms with van der Waals surface area (Å²) in [4.78, 5) is 11.5. The Kier molecular flexibility index (Phi) is 5.00. The summed E-state index contributed by atoms with van der Waals surface area (Å²) >= 11 is 0. The van der Waals surface area contributed by atoms with Gasteiger partial charge < -0.3 is 14.2 Å². The van der Waals surface area contributed by atoms with E-state index in [2.05, 4.69) is 0 Å². The highest BCUT2D eigenvalue weighted by Gasteiger charge is 2.17. The molecule has 0 bridgehead atoms. The molecule has 104 valence electrons. The fraction of sp³-hybridized carbons (Fsp3) is 0.333. The topological polar surface area (TPSA) is 68.6 Å². The minimum atomic E-state index is -0.580. The molecular formula is C15H15NO4. The zero-order valence-corrected chi connectivity index (χ0v) is 11.6. The predicted octanol–water partition coefficient (Wildman–Crippen LogP) is 2.25. The van der Waals surface area contributed by atoms with Crippen LogP contribution in [0.5, 0.6) is 11.5 Å². The molecule has 0 aromatic heterocycles. The maximum absolute atomic E-state index is 11.5. The van der Waals surface area contributed by atoms with Gasteiger partial charge in [-0.3, -0.25) is 0 Å². The lowest BCUT2D eigenvalue weighted by Crippen LogP contribution is -2.27. The highest BCUT2D eigenvalue weighted by molar-refractivity contribution is 5.71. The number of rotatable bonds is 4. The van der Waals surface area contributed by atoms with Crippen molar-refractivity contribution >= 4 is 5.97 Å². The Morgan fingerprint density at radius 3 is 2.65 bits per heavy atom. The summed E-state index contributed by atoms with van der Waals surface area (Å²) in [5, 5.41) is 9.01. The molecule has 0 aliphatic heterocycles. The van der Waals surface area contributed by atoms with E-state index in [-0.39, 0.29) is 17.9 Å². The standard InChI is InChI=1S/C15H15NO4/c1-5-18-12-6-7-13(11(8-12)9-16)19-10-14(17)20-15(2,3)4/h1,6-8H,10H2,2-4H3. The highest BCUT2D eigenvalue weighted by Crippen LogP contribution is 2.23. The predicted molar refractivity (Wildman–Crippen MR) is 72.0 cm³/mol. The summed E-state index contributed by atoms with van der Waals surface area (Å²) in [7, 11) is 0. The molecule has 0 radical (unpaired) electrons. The Morgan fingerprint density at radius 1 is 1.40 bits per heavy atom. The van der Waals surface area contributed by atoms with Crippen molar-refractivity contribution in [3.05, 3.63) is 23.8 Å². The van der Waals surface area contributed by atoms with Gasteiger partial charge in [0.1, 0.15) is 29.3 Å². The molecule has 0 saturated carbocycles. The number of hydrogen-bond donors (Lipinski definition) is 0. The normalized spacial score (nSPS) is 10.1. The van der Waals surface area contributed by atoms with E-state index >= 15 is 0 Å². The second kappa shape index (κ2) is 6.49. The molecule has 0 fully saturated rings. The number of ether oxygens (including phenoxy) is 3. The zero-order chi connectivity index (χ0) is 15.2. The molecule has 5 heteroatoms. The first-order chi connectivity index (χ1) is 9.35. The van der Waals surface area contributed by atoms with E-state index < -0.39 is 11.6 Å². The van der Waals surface area contributed by atoms with Crippen LogP contribution in [-0.4, -0.2) is 18.2 Å². The minimum Gasteiger partial charge on any atom is -0.481 e. The van der Waals surface area contributed by atoms with Crippen molar-refractivity contribution in [1.82, 2.24) is 0 Å². The molecule has 0 atom stereocenters. The first kappa shape index (κ1) is 15.4. The second-order valence-corrected chi connectivity index (χ2v) is 4.86. The number of hydrogen-bond acceptors (Lipinski definition) is 5. The van der Waals surface area contributed by atoms with Gasteiger partial charge in [0, 0.05) is 6.07 Å². The second-order valence-electron chi connectivity index (χ2n) is 4.86. The molecule has 1 aromatic carbocycles. The number of benzene rings is 1. The van der Waals surface area contributed by atoms with Gasteiger partial charge in [-0.05, 0) is 32.9 Å². The number of carbonyl (C=O) groups excluding carboxylic acids is 1. The van der Waals surface area contributed by atoms with Crippen LogP contribution in [0.4, 0.5) is 0 Å². The molecule has 0 saturated heterocycles. The SMILES string of the molecule is C#COc1ccc(OCC(=O)OC(C)(C)C)c(C#N)c1. The molecule has 0 unspecified atom stereocenters. The van der Waals surface area contributed by atoms with Gasteiger partial charge in [-0.25, -0.2) is 4.79 Å². The van der Waals surface area contributed by atoms with Gasteiger partial charge >= 0.3 is 5.97 Å². The Bertz CT molecular complexity index is 573. The summed E-state index contributed by atoms with van der Waals surface area (Å²) in [5.74, 6) is 0.113. The van der Waals surface area contributed by atoms with Crippen molar-refractivity contribution in [3.8, 4) is 30.1 Å². The molecule has 0 spiro atoms. The van der Waals surface area contributed by atoms with Gasteiger partial charge in [0.2, 0.25) is 0 Å². The highest BCUT2D eigenvalue weighted by atomic mass is 16.6. The van der Waals surface area contributed by atoms with Crippen LogP contribution in [0.3, 0.4) is 0 Å². The van der Waals surface area contributed by atoms with E-state index in [4.69, 9.17) is 25.9 Å². The number of carbonyl (C=O) groups is 1. The van der Waals surface area contributed by atoms with Gasteiger partial charge in [-0.1, -0.05) is 6.42 Å². The monoisotopic (exact) mass is 273 g/mol. The molecule has 5 nitrogen and oxygen atoms in total. The fourth-order valence-corrected chi connectivity index (χ4v) is 1.36. The molecule has 0 aliphatic rings. The van der Waals surface area contributed by atoms with Crippen molar-refractivity contribution < 1.29 is 19.0 Å². The number of esters is 1. The maximum Gasteiger partial charge on any atom is 0.344 e. The summed E-state index contributed by atoms with van der Waals surface area (Å²) in [6.07, 6.45) is 7.01. The van der Waals surface area contributed by atoms with Crippen LogP contribution in [0.25, 0.3) is 0 Å². The third kappa shape index (κ3) is 4.91. The van der Waals surface area contributed by atoms with Crippen molar-refractivity contribution in [1.29, 1.82) is 5.26 Å². The minimum absolute atomic E-state index is 0.223. The first-order valence-corrected chi connectivity index (χ1v) is 5.87. The van der Waals surface area contributed by atoms with Crippen LogP contribution in [0, 0.1) is 23.9 Å². The molecule has 0 aliphatic carbocycles. The van der Waals surface area contributed by atoms with Crippen LogP contribution in [-0.2, 0) is 9.53 Å². The molecule has 0 amide bonds. The summed E-state index contributed by atoms with van der Waals surface area (Å²) < 4.78 is 15.2. The fourth-order valence-electron chi connectivity index (χ4n) is 1.36. The quantitative estimate of drug-likeness (QED) is 0.621. The van der Waals surface area contributed by atoms with Gasteiger partial charge in [0.15, 0.2) is 6.61 Å². The van der Waals surface area contributed by atoms with Crippen LogP contribution in [0.15, 0.2) is 18.2 Å². The lowest BCUT2D eigenvalue weighted by molar-refractivity contribution is -0.157. The van der Waals surface area contributed by atoms with Crippen molar-refractivity contribution in [2.45, 2.75) is 26.4 Å². The van der Waals surface area contributed by atoms with Crippen LogP contribution in [0.1, 0.15) is 26.3 Å². The lowest BCUT2D eigenvalue weighted by Gasteiger charge is -2.19. The Morgan fingerprint density at radius 2 is 2.10 bits per heavy atom. The first-order valence-electron chi connectivity index (χ1n) is 5.87. The van der Waals surface area contributed by atoms with E-state index in [1.54, 1.807) is 26.8 Å². The van der Waals surface area contributed by atoms with Crippen molar-refractivity contribution in [2.75, 3.05) is 6.61 Å².